The molecule has 8 nitrogen and oxygen atoms in total. The maximum atomic E-state index is 13.5. The summed E-state index contributed by atoms with van der Waals surface area (Å²) in [6.07, 6.45) is -0.932. The Hall–Kier alpha value is -2.58. The molecule has 0 N–H and O–H groups in total. The lowest BCUT2D eigenvalue weighted by atomic mass is 10.1. The lowest BCUT2D eigenvalue weighted by molar-refractivity contribution is 0.0338. The zero-order chi connectivity index (χ0) is 20.6. The van der Waals surface area contributed by atoms with Crippen molar-refractivity contribution in [1.82, 2.24) is 14.8 Å². The molecule has 3 heterocycles. The number of morpholine rings is 1. The van der Waals surface area contributed by atoms with Crippen LogP contribution in [0.1, 0.15) is 31.5 Å². The number of aromatic nitrogens is 3. The van der Waals surface area contributed by atoms with Gasteiger partial charge in [0.05, 0.1) is 23.6 Å². The first-order chi connectivity index (χ1) is 13.1. The van der Waals surface area contributed by atoms with Gasteiger partial charge in [0.2, 0.25) is 0 Å². The largest absolute Gasteiger partial charge is 0.375 e. The molecular weight excluding hydrogens is 392 g/mol. The second-order valence-electron chi connectivity index (χ2n) is 6.68. The zero-order valence-electron chi connectivity index (χ0n) is 15.5. The van der Waals surface area contributed by atoms with Gasteiger partial charge in [-0.2, -0.15) is 15.0 Å². The average molecular weight is 411 g/mol. The molecule has 2 atom stereocenters. The van der Waals surface area contributed by atoms with E-state index in [-0.39, 0.29) is 34.2 Å². The number of halogens is 2. The fourth-order valence-electron chi connectivity index (χ4n) is 3.03. The Morgan fingerprint density at radius 2 is 2.07 bits per heavy atom. The minimum atomic E-state index is -3.46. The third kappa shape index (κ3) is 3.70. The number of ether oxygens (including phenoxy) is 1. The predicted molar refractivity (Wildman–Crippen MR) is 96.4 cm³/mol. The summed E-state index contributed by atoms with van der Waals surface area (Å²) in [6, 6.07) is 4.35. The number of sulfone groups is 1. The van der Waals surface area contributed by atoms with Crippen LogP contribution in [-0.4, -0.2) is 54.7 Å². The molecule has 1 fully saturated rings. The summed E-state index contributed by atoms with van der Waals surface area (Å²) >= 11 is 0. The number of rotatable bonds is 4. The van der Waals surface area contributed by atoms with E-state index in [0.29, 0.717) is 13.2 Å². The third-order valence-electron chi connectivity index (χ3n) is 4.45. The molecule has 0 spiro atoms. The monoisotopic (exact) mass is 411 g/mol. The SMILES string of the molecule is C[C@@H]1CN(c2c(C#N)c(C(F)F)nn2-c2ccc(S(C)(=O)=O)cn2)[C@H](C)CO1. The van der Waals surface area contributed by atoms with Crippen molar-refractivity contribution in [2.45, 2.75) is 37.3 Å². The lowest BCUT2D eigenvalue weighted by Crippen LogP contribution is -2.48. The molecule has 0 bridgehead atoms. The Bertz CT molecular complexity index is 1010. The minimum Gasteiger partial charge on any atom is -0.375 e. The first kappa shape index (κ1) is 20.2. The van der Waals surface area contributed by atoms with Gasteiger partial charge < -0.3 is 9.64 Å². The Balaban J connectivity index is 2.19. The van der Waals surface area contributed by atoms with E-state index in [1.807, 2.05) is 19.9 Å². The molecule has 150 valence electrons. The standard InChI is InChI=1S/C17H19F2N5O3S/c1-10-9-27-11(2)8-23(10)17-13(6-20)15(16(18)19)22-24(17)14-5-4-12(7-21-14)28(3,25)26/h4-5,7,10-11,16H,8-9H2,1-3H3/t10-,11-/m1/s1. The van der Waals surface area contributed by atoms with Gasteiger partial charge in [-0.25, -0.2) is 22.2 Å². The van der Waals surface area contributed by atoms with Gasteiger partial charge in [-0.15, -0.1) is 0 Å². The molecule has 0 amide bonds. The fraction of sp³-hybridized carbons (Fsp3) is 0.471. The summed E-state index contributed by atoms with van der Waals surface area (Å²) in [6.45, 7) is 4.44. The molecule has 28 heavy (non-hydrogen) atoms. The van der Waals surface area contributed by atoms with E-state index in [9.17, 15) is 22.5 Å². The van der Waals surface area contributed by atoms with Crippen LogP contribution in [0.3, 0.4) is 0 Å². The molecule has 0 saturated carbocycles. The summed E-state index contributed by atoms with van der Waals surface area (Å²) in [4.78, 5) is 5.85. The van der Waals surface area contributed by atoms with Crippen LogP contribution in [0.4, 0.5) is 14.6 Å². The molecule has 0 aromatic carbocycles. The van der Waals surface area contributed by atoms with Crippen LogP contribution in [0.5, 0.6) is 0 Å². The molecule has 1 saturated heterocycles. The Labute approximate surface area is 161 Å². The lowest BCUT2D eigenvalue weighted by Gasteiger charge is -2.38. The van der Waals surface area contributed by atoms with E-state index in [1.54, 1.807) is 4.90 Å². The van der Waals surface area contributed by atoms with Gasteiger partial charge in [0.1, 0.15) is 17.3 Å². The number of nitriles is 1. The Kier molecular flexibility index (Phi) is 5.36. The minimum absolute atomic E-state index is 0.00657. The third-order valence-corrected chi connectivity index (χ3v) is 5.55. The fourth-order valence-corrected chi connectivity index (χ4v) is 3.59. The van der Waals surface area contributed by atoms with Crippen molar-refractivity contribution in [3.05, 3.63) is 29.6 Å². The molecule has 0 radical (unpaired) electrons. The van der Waals surface area contributed by atoms with Crippen molar-refractivity contribution in [2.24, 2.45) is 0 Å². The highest BCUT2D eigenvalue weighted by atomic mass is 32.2. The van der Waals surface area contributed by atoms with Crippen molar-refractivity contribution in [1.29, 1.82) is 5.26 Å². The zero-order valence-corrected chi connectivity index (χ0v) is 16.3. The number of hydrogen-bond acceptors (Lipinski definition) is 7. The molecule has 0 aliphatic carbocycles. The van der Waals surface area contributed by atoms with E-state index >= 15 is 0 Å². The van der Waals surface area contributed by atoms with Crippen LogP contribution in [0.2, 0.25) is 0 Å². The molecule has 2 aromatic heterocycles. The molecule has 1 aliphatic rings. The summed E-state index contributed by atoms with van der Waals surface area (Å²) in [7, 11) is -3.46. The number of anilines is 1. The summed E-state index contributed by atoms with van der Waals surface area (Å²) in [5.41, 5.74) is -0.872. The van der Waals surface area contributed by atoms with Gasteiger partial charge in [-0.05, 0) is 26.0 Å². The number of hydrogen-bond donors (Lipinski definition) is 0. The number of pyridine rings is 1. The predicted octanol–water partition coefficient (Wildman–Crippen LogP) is 2.09. The van der Waals surface area contributed by atoms with Crippen molar-refractivity contribution in [3.8, 4) is 11.9 Å². The van der Waals surface area contributed by atoms with Gasteiger partial charge in [0.15, 0.2) is 21.5 Å². The van der Waals surface area contributed by atoms with Crippen LogP contribution in [0.25, 0.3) is 5.82 Å². The maximum Gasteiger partial charge on any atom is 0.283 e. The van der Waals surface area contributed by atoms with Gasteiger partial charge in [0.25, 0.3) is 6.43 Å². The Morgan fingerprint density at radius 3 is 2.61 bits per heavy atom. The van der Waals surface area contributed by atoms with E-state index in [1.165, 1.54) is 16.8 Å². The summed E-state index contributed by atoms with van der Waals surface area (Å²) in [5, 5.41) is 13.5. The molecular formula is C17H19F2N5O3S. The summed E-state index contributed by atoms with van der Waals surface area (Å²) < 4.78 is 57.1. The van der Waals surface area contributed by atoms with E-state index in [4.69, 9.17) is 4.74 Å². The van der Waals surface area contributed by atoms with Gasteiger partial charge in [-0.3, -0.25) is 0 Å². The first-order valence-electron chi connectivity index (χ1n) is 8.49. The first-order valence-corrected chi connectivity index (χ1v) is 10.4. The molecule has 2 aromatic rings. The molecule has 3 rings (SSSR count). The van der Waals surface area contributed by atoms with Crippen molar-refractivity contribution in [2.75, 3.05) is 24.3 Å². The highest BCUT2D eigenvalue weighted by Gasteiger charge is 2.33. The van der Waals surface area contributed by atoms with Crippen molar-refractivity contribution >= 4 is 15.7 Å². The Morgan fingerprint density at radius 1 is 1.36 bits per heavy atom. The molecule has 0 unspecified atom stereocenters. The molecule has 1 aliphatic heterocycles. The second-order valence-corrected chi connectivity index (χ2v) is 8.69. The van der Waals surface area contributed by atoms with Crippen LogP contribution in [-0.2, 0) is 14.6 Å². The average Bonchev–Trinajstić information content (AvgIpc) is 3.02. The normalized spacial score (nSPS) is 20.4. The van der Waals surface area contributed by atoms with Crippen LogP contribution >= 0.6 is 0 Å². The quantitative estimate of drug-likeness (QED) is 0.759. The highest BCUT2D eigenvalue weighted by Crippen LogP contribution is 2.34. The number of alkyl halides is 2. The highest BCUT2D eigenvalue weighted by molar-refractivity contribution is 7.90. The van der Waals surface area contributed by atoms with Gasteiger partial charge in [-0.1, -0.05) is 0 Å². The van der Waals surface area contributed by atoms with Crippen molar-refractivity contribution < 1.29 is 21.9 Å². The van der Waals surface area contributed by atoms with Crippen LogP contribution in [0.15, 0.2) is 23.2 Å². The van der Waals surface area contributed by atoms with Crippen molar-refractivity contribution in [3.63, 3.8) is 0 Å². The number of nitrogens with zero attached hydrogens (tertiary/aromatic N) is 5. The maximum absolute atomic E-state index is 13.5. The summed E-state index contributed by atoms with van der Waals surface area (Å²) in [5.74, 6) is 0.331. The topological polar surface area (TPSA) is 101 Å². The molecule has 11 heteroatoms. The van der Waals surface area contributed by atoms with Gasteiger partial charge >= 0.3 is 0 Å². The second kappa shape index (κ2) is 7.44. The van der Waals surface area contributed by atoms with E-state index < -0.39 is 22.0 Å². The van der Waals surface area contributed by atoms with E-state index in [0.717, 1.165) is 12.5 Å². The van der Waals surface area contributed by atoms with E-state index in [2.05, 4.69) is 10.1 Å². The smallest absolute Gasteiger partial charge is 0.283 e. The van der Waals surface area contributed by atoms with Crippen LogP contribution < -0.4 is 4.90 Å². The van der Waals surface area contributed by atoms with Crippen LogP contribution in [0, 0.1) is 11.3 Å². The van der Waals surface area contributed by atoms with Gasteiger partial charge in [0, 0.05) is 19.0 Å².